The minimum atomic E-state index is 0.0368. The van der Waals surface area contributed by atoms with E-state index in [1.54, 1.807) is 15.8 Å². The first-order valence-electron chi connectivity index (χ1n) is 10.7. The molecule has 0 fully saturated rings. The maximum absolute atomic E-state index is 12.8. The van der Waals surface area contributed by atoms with Gasteiger partial charge >= 0.3 is 0 Å². The van der Waals surface area contributed by atoms with Crippen molar-refractivity contribution in [3.05, 3.63) is 95.6 Å². The fourth-order valence-electron chi connectivity index (χ4n) is 3.60. The second-order valence-corrected chi connectivity index (χ2v) is 7.72. The van der Waals surface area contributed by atoms with E-state index in [4.69, 9.17) is 14.3 Å². The summed E-state index contributed by atoms with van der Waals surface area (Å²) in [7, 11) is 0. The molecule has 0 aliphatic carbocycles. The fourth-order valence-corrected chi connectivity index (χ4v) is 3.60. The Balaban J connectivity index is 1.76. The Labute approximate surface area is 188 Å². The van der Waals surface area contributed by atoms with Gasteiger partial charge in [0.25, 0.3) is 0 Å². The van der Waals surface area contributed by atoms with Crippen LogP contribution in [0.5, 0.6) is 11.6 Å². The Hall–Kier alpha value is -3.80. The highest BCUT2D eigenvalue weighted by molar-refractivity contribution is 5.76. The molecule has 0 aliphatic heterocycles. The molecule has 0 N–H and O–H groups in total. The summed E-state index contributed by atoms with van der Waals surface area (Å²) < 4.78 is 13.7. The van der Waals surface area contributed by atoms with E-state index in [-0.39, 0.29) is 5.91 Å². The molecule has 4 rings (SSSR count). The third kappa shape index (κ3) is 4.75. The Bertz CT molecular complexity index is 1180. The molecule has 0 aliphatic rings. The minimum Gasteiger partial charge on any atom is -0.467 e. The lowest BCUT2D eigenvalue weighted by Crippen LogP contribution is -2.29. The number of aryl methyl sites for hydroxylation is 2. The molecule has 0 unspecified atom stereocenters. The molecule has 6 heteroatoms. The summed E-state index contributed by atoms with van der Waals surface area (Å²) in [5, 5.41) is 4.76. The number of para-hydroxylation sites is 1. The van der Waals surface area contributed by atoms with Crippen LogP contribution in [0.2, 0.25) is 0 Å². The average molecular weight is 430 g/mol. The van der Waals surface area contributed by atoms with Crippen molar-refractivity contribution in [3.8, 4) is 17.3 Å². The van der Waals surface area contributed by atoms with E-state index in [2.05, 4.69) is 0 Å². The van der Waals surface area contributed by atoms with Gasteiger partial charge in [-0.15, -0.1) is 0 Å². The van der Waals surface area contributed by atoms with E-state index in [0.717, 1.165) is 34.0 Å². The molecule has 2 aromatic carbocycles. The molecular weight excluding hydrogens is 402 g/mol. The van der Waals surface area contributed by atoms with Crippen LogP contribution in [-0.4, -0.2) is 20.6 Å². The summed E-state index contributed by atoms with van der Waals surface area (Å²) in [6.45, 7) is 6.59. The highest BCUT2D eigenvalue weighted by Crippen LogP contribution is 2.32. The number of benzene rings is 2. The second kappa shape index (κ2) is 9.56. The maximum Gasteiger partial charge on any atom is 0.227 e. The van der Waals surface area contributed by atoms with E-state index < -0.39 is 0 Å². The molecule has 164 valence electrons. The summed E-state index contributed by atoms with van der Waals surface area (Å²) >= 11 is 0. The first-order valence-corrected chi connectivity index (χ1v) is 10.7. The largest absolute Gasteiger partial charge is 0.467 e. The molecule has 4 aromatic rings. The van der Waals surface area contributed by atoms with Crippen LogP contribution in [0, 0.1) is 13.8 Å². The number of nitrogens with zero attached hydrogens (tertiary/aromatic N) is 3. The molecule has 0 radical (unpaired) electrons. The number of amides is 1. The number of carbonyl (C=O) groups is 1. The first-order chi connectivity index (χ1) is 15.5. The first kappa shape index (κ1) is 21.4. The number of carbonyl (C=O) groups excluding carboxylic acids is 1. The molecule has 6 nitrogen and oxygen atoms in total. The summed E-state index contributed by atoms with van der Waals surface area (Å²) in [6.07, 6.45) is 2.02. The summed E-state index contributed by atoms with van der Waals surface area (Å²) in [4.78, 5) is 14.5. The SMILES string of the molecule is CCC(=O)N(Cc1ccco1)Cc1c(C)nn(-c2ccccc2)c1Oc1cccc(C)c1. The zero-order valence-electron chi connectivity index (χ0n) is 18.6. The van der Waals surface area contributed by atoms with Gasteiger partial charge < -0.3 is 14.1 Å². The zero-order chi connectivity index (χ0) is 22.5. The number of rotatable bonds is 8. The van der Waals surface area contributed by atoms with Gasteiger partial charge in [0.1, 0.15) is 11.5 Å². The third-order valence-corrected chi connectivity index (χ3v) is 5.27. The van der Waals surface area contributed by atoms with Crippen LogP contribution in [0.3, 0.4) is 0 Å². The molecule has 0 atom stereocenters. The Morgan fingerprint density at radius 1 is 1.03 bits per heavy atom. The molecular formula is C26H27N3O3. The summed E-state index contributed by atoms with van der Waals surface area (Å²) in [6, 6.07) is 21.5. The van der Waals surface area contributed by atoms with E-state index in [0.29, 0.717) is 25.4 Å². The van der Waals surface area contributed by atoms with Gasteiger partial charge in [-0.3, -0.25) is 4.79 Å². The van der Waals surface area contributed by atoms with Crippen molar-refractivity contribution in [1.82, 2.24) is 14.7 Å². The lowest BCUT2D eigenvalue weighted by atomic mass is 10.2. The van der Waals surface area contributed by atoms with Gasteiger partial charge in [-0.2, -0.15) is 5.10 Å². The predicted molar refractivity (Wildman–Crippen MR) is 123 cm³/mol. The van der Waals surface area contributed by atoms with Gasteiger partial charge in [0.2, 0.25) is 11.8 Å². The van der Waals surface area contributed by atoms with Gasteiger partial charge in [0.15, 0.2) is 0 Å². The van der Waals surface area contributed by atoms with Gasteiger partial charge in [0, 0.05) is 6.42 Å². The molecule has 0 spiro atoms. The molecule has 0 bridgehead atoms. The molecule has 0 saturated heterocycles. The zero-order valence-corrected chi connectivity index (χ0v) is 18.6. The van der Waals surface area contributed by atoms with Crippen molar-refractivity contribution in [2.75, 3.05) is 0 Å². The fraction of sp³-hybridized carbons (Fsp3) is 0.231. The summed E-state index contributed by atoms with van der Waals surface area (Å²) in [5.74, 6) is 2.10. The van der Waals surface area contributed by atoms with Gasteiger partial charge in [-0.05, 0) is 55.8 Å². The normalized spacial score (nSPS) is 10.8. The maximum atomic E-state index is 12.8. The van der Waals surface area contributed by atoms with E-state index in [1.165, 1.54) is 0 Å². The Morgan fingerprint density at radius 3 is 2.53 bits per heavy atom. The quantitative estimate of drug-likeness (QED) is 0.354. The van der Waals surface area contributed by atoms with Crippen molar-refractivity contribution in [1.29, 1.82) is 0 Å². The molecule has 2 aromatic heterocycles. The van der Waals surface area contributed by atoms with Crippen LogP contribution in [0.15, 0.2) is 77.4 Å². The second-order valence-electron chi connectivity index (χ2n) is 7.72. The van der Waals surface area contributed by atoms with Crippen LogP contribution >= 0.6 is 0 Å². The monoisotopic (exact) mass is 429 g/mol. The van der Waals surface area contributed by atoms with Crippen molar-refractivity contribution >= 4 is 5.91 Å². The van der Waals surface area contributed by atoms with Gasteiger partial charge in [-0.1, -0.05) is 37.3 Å². The van der Waals surface area contributed by atoms with Gasteiger partial charge in [-0.25, -0.2) is 4.68 Å². The lowest BCUT2D eigenvalue weighted by molar-refractivity contribution is -0.132. The smallest absolute Gasteiger partial charge is 0.227 e. The van der Waals surface area contributed by atoms with Crippen LogP contribution in [0.4, 0.5) is 0 Å². The van der Waals surface area contributed by atoms with E-state index in [1.807, 2.05) is 87.5 Å². The van der Waals surface area contributed by atoms with Crippen molar-refractivity contribution < 1.29 is 13.9 Å². The van der Waals surface area contributed by atoms with Crippen LogP contribution in [0.25, 0.3) is 5.69 Å². The molecule has 2 heterocycles. The topological polar surface area (TPSA) is 60.5 Å². The number of hydrogen-bond acceptors (Lipinski definition) is 4. The number of hydrogen-bond donors (Lipinski definition) is 0. The molecule has 0 saturated carbocycles. The van der Waals surface area contributed by atoms with Crippen molar-refractivity contribution in [2.45, 2.75) is 40.3 Å². The van der Waals surface area contributed by atoms with Crippen molar-refractivity contribution in [2.24, 2.45) is 0 Å². The summed E-state index contributed by atoms with van der Waals surface area (Å²) in [5.41, 5.74) is 3.67. The predicted octanol–water partition coefficient (Wildman–Crippen LogP) is 5.81. The van der Waals surface area contributed by atoms with Crippen molar-refractivity contribution in [3.63, 3.8) is 0 Å². The number of aromatic nitrogens is 2. The molecule has 1 amide bonds. The lowest BCUT2D eigenvalue weighted by Gasteiger charge is -2.22. The van der Waals surface area contributed by atoms with Crippen LogP contribution in [0.1, 0.15) is 35.9 Å². The molecule has 32 heavy (non-hydrogen) atoms. The minimum absolute atomic E-state index is 0.0368. The average Bonchev–Trinajstić information content (AvgIpc) is 3.42. The highest BCUT2D eigenvalue weighted by atomic mass is 16.5. The standard InChI is InChI=1S/C26H27N3O3/c1-4-25(30)28(17-23-14-9-15-31-23)18-24-20(3)27-29(21-11-6-5-7-12-21)26(24)32-22-13-8-10-19(2)16-22/h5-16H,4,17-18H2,1-3H3. The number of furan rings is 1. The van der Waals surface area contributed by atoms with Crippen LogP contribution in [-0.2, 0) is 17.9 Å². The Kier molecular flexibility index (Phi) is 6.40. The van der Waals surface area contributed by atoms with Gasteiger partial charge in [0.05, 0.1) is 36.3 Å². The highest BCUT2D eigenvalue weighted by Gasteiger charge is 2.24. The van der Waals surface area contributed by atoms with E-state index >= 15 is 0 Å². The third-order valence-electron chi connectivity index (χ3n) is 5.27. The Morgan fingerprint density at radius 2 is 1.84 bits per heavy atom. The van der Waals surface area contributed by atoms with Crippen LogP contribution < -0.4 is 4.74 Å². The van der Waals surface area contributed by atoms with E-state index in [9.17, 15) is 4.79 Å². The number of ether oxygens (including phenoxy) is 1.